The molecule has 0 radical (unpaired) electrons. The maximum absolute atomic E-state index is 10.4. The van der Waals surface area contributed by atoms with Crippen molar-refractivity contribution in [3.05, 3.63) is 0 Å². The number of rotatable bonds is 4. The van der Waals surface area contributed by atoms with Gasteiger partial charge in [0.1, 0.15) is 0 Å². The summed E-state index contributed by atoms with van der Waals surface area (Å²) in [4.78, 5) is 20.6. The normalized spacial score (nSPS) is 12.2. The third-order valence-corrected chi connectivity index (χ3v) is 2.15. The van der Waals surface area contributed by atoms with Crippen LogP contribution in [0.15, 0.2) is 0 Å². The Labute approximate surface area is 73.5 Å². The third-order valence-electron chi connectivity index (χ3n) is 0.852. The maximum Gasteiger partial charge on any atom is 0.306 e. The second-order valence-corrected chi connectivity index (χ2v) is 3.30. The Balaban J connectivity index is 3.76. The first-order valence-electron chi connectivity index (χ1n) is 2.85. The summed E-state index contributed by atoms with van der Waals surface area (Å²) in [7, 11) is 1.01. The number of hydrogen-bond donors (Lipinski definition) is 3. The fourth-order valence-corrected chi connectivity index (χ4v) is 1.32. The Hall–Kier alpha value is -0.360. The van der Waals surface area contributed by atoms with Crippen LogP contribution >= 0.6 is 22.5 Å². The Kier molecular flexibility index (Phi) is 5.14. The molecular weight excluding hydrogens is 186 g/mol. The standard InChI is InChI=1S/C5H9NO3S2/c1-3(7)6-4(11-10)2-5(8)9/h4,10H,2H2,1H3,(H,6,7)(H,8,9). The van der Waals surface area contributed by atoms with Gasteiger partial charge in [-0.05, 0) is 0 Å². The number of thiol groups is 1. The van der Waals surface area contributed by atoms with E-state index in [2.05, 4.69) is 17.0 Å². The summed E-state index contributed by atoms with van der Waals surface area (Å²) in [6.45, 7) is 1.33. The molecule has 0 saturated heterocycles. The second-order valence-electron chi connectivity index (χ2n) is 1.89. The van der Waals surface area contributed by atoms with Crippen LogP contribution in [0.3, 0.4) is 0 Å². The molecule has 11 heavy (non-hydrogen) atoms. The maximum atomic E-state index is 10.4. The smallest absolute Gasteiger partial charge is 0.306 e. The SMILES string of the molecule is CC(=O)NC(CC(=O)O)SS. The first-order chi connectivity index (χ1) is 5.06. The Bertz CT molecular complexity index is 146. The van der Waals surface area contributed by atoms with Crippen molar-refractivity contribution < 1.29 is 14.7 Å². The number of hydrogen-bond acceptors (Lipinski definition) is 4. The van der Waals surface area contributed by atoms with Gasteiger partial charge in [-0.15, -0.1) is 11.7 Å². The number of carboxylic acids is 1. The molecule has 6 heteroatoms. The summed E-state index contributed by atoms with van der Waals surface area (Å²) in [6, 6.07) is 0. The van der Waals surface area contributed by atoms with Crippen molar-refractivity contribution in [3.63, 3.8) is 0 Å². The molecule has 0 aliphatic rings. The van der Waals surface area contributed by atoms with Crippen LogP contribution in [0.2, 0.25) is 0 Å². The zero-order chi connectivity index (χ0) is 8.85. The van der Waals surface area contributed by atoms with Gasteiger partial charge in [-0.1, -0.05) is 10.8 Å². The highest BCUT2D eigenvalue weighted by Crippen LogP contribution is 2.15. The van der Waals surface area contributed by atoms with Gasteiger partial charge >= 0.3 is 5.97 Å². The molecule has 0 rings (SSSR count). The van der Waals surface area contributed by atoms with E-state index in [1.54, 1.807) is 0 Å². The molecule has 0 aliphatic heterocycles. The lowest BCUT2D eigenvalue weighted by Gasteiger charge is -2.10. The summed E-state index contributed by atoms with van der Waals surface area (Å²) in [5, 5.41) is 10.3. The fraction of sp³-hybridized carbons (Fsp3) is 0.600. The number of aliphatic carboxylic acids is 1. The van der Waals surface area contributed by atoms with E-state index < -0.39 is 11.3 Å². The molecule has 1 atom stereocenters. The van der Waals surface area contributed by atoms with E-state index in [4.69, 9.17) is 5.11 Å². The van der Waals surface area contributed by atoms with Crippen molar-refractivity contribution in [2.24, 2.45) is 0 Å². The van der Waals surface area contributed by atoms with Gasteiger partial charge in [0, 0.05) is 6.92 Å². The molecule has 0 spiro atoms. The monoisotopic (exact) mass is 195 g/mol. The minimum Gasteiger partial charge on any atom is -0.481 e. The Morgan fingerprint density at radius 1 is 1.73 bits per heavy atom. The van der Waals surface area contributed by atoms with Crippen molar-refractivity contribution in [1.82, 2.24) is 5.32 Å². The van der Waals surface area contributed by atoms with Gasteiger partial charge in [0.05, 0.1) is 11.8 Å². The molecule has 0 aliphatic carbocycles. The number of carboxylic acid groups (broad SMARTS) is 1. The summed E-state index contributed by atoms with van der Waals surface area (Å²) in [5.41, 5.74) is 0. The molecule has 4 nitrogen and oxygen atoms in total. The highest BCUT2D eigenvalue weighted by atomic mass is 33.1. The molecule has 1 unspecified atom stereocenters. The van der Waals surface area contributed by atoms with Gasteiger partial charge in [-0.25, -0.2) is 0 Å². The number of carbonyl (C=O) groups is 2. The van der Waals surface area contributed by atoms with E-state index >= 15 is 0 Å². The van der Waals surface area contributed by atoms with Crippen molar-refractivity contribution in [3.8, 4) is 0 Å². The molecule has 0 fully saturated rings. The average Bonchev–Trinajstić information content (AvgIpc) is 1.84. The van der Waals surface area contributed by atoms with E-state index in [0.29, 0.717) is 0 Å². The van der Waals surface area contributed by atoms with Crippen LogP contribution < -0.4 is 5.32 Å². The number of carbonyl (C=O) groups excluding carboxylic acids is 1. The van der Waals surface area contributed by atoms with Crippen LogP contribution in [-0.4, -0.2) is 22.4 Å². The Morgan fingerprint density at radius 3 is 2.55 bits per heavy atom. The second kappa shape index (κ2) is 5.31. The lowest BCUT2D eigenvalue weighted by Crippen LogP contribution is -2.31. The van der Waals surface area contributed by atoms with Gasteiger partial charge in [-0.2, -0.15) is 0 Å². The average molecular weight is 195 g/mol. The molecule has 0 saturated carbocycles. The summed E-state index contributed by atoms with van der Waals surface area (Å²) < 4.78 is 0. The predicted molar refractivity (Wildman–Crippen MR) is 46.4 cm³/mol. The highest BCUT2D eigenvalue weighted by Gasteiger charge is 2.12. The highest BCUT2D eigenvalue weighted by molar-refractivity contribution is 8.68. The van der Waals surface area contributed by atoms with E-state index in [0.717, 1.165) is 10.8 Å². The van der Waals surface area contributed by atoms with E-state index in [1.165, 1.54) is 6.92 Å². The van der Waals surface area contributed by atoms with Crippen molar-refractivity contribution in [2.75, 3.05) is 0 Å². The Morgan fingerprint density at radius 2 is 2.27 bits per heavy atom. The van der Waals surface area contributed by atoms with Crippen LogP contribution in [0, 0.1) is 0 Å². The van der Waals surface area contributed by atoms with Gasteiger partial charge in [-0.3, -0.25) is 9.59 Å². The first kappa shape index (κ1) is 10.6. The zero-order valence-corrected chi connectivity index (χ0v) is 7.61. The van der Waals surface area contributed by atoms with Crippen LogP contribution in [0.5, 0.6) is 0 Å². The van der Waals surface area contributed by atoms with Crippen molar-refractivity contribution >= 4 is 34.3 Å². The molecule has 0 aromatic carbocycles. The molecule has 64 valence electrons. The lowest BCUT2D eigenvalue weighted by molar-refractivity contribution is -0.137. The number of nitrogens with one attached hydrogen (secondary N) is 1. The van der Waals surface area contributed by atoms with E-state index in [9.17, 15) is 9.59 Å². The number of amides is 1. The van der Waals surface area contributed by atoms with Gasteiger partial charge in [0.15, 0.2) is 0 Å². The predicted octanol–water partition coefficient (Wildman–Crippen LogP) is 0.501. The van der Waals surface area contributed by atoms with Crippen LogP contribution in [-0.2, 0) is 9.59 Å². The quantitative estimate of drug-likeness (QED) is 0.347. The zero-order valence-electron chi connectivity index (χ0n) is 5.90. The first-order valence-corrected chi connectivity index (χ1v) is 4.78. The molecule has 0 aromatic heterocycles. The molecule has 0 aromatic rings. The largest absolute Gasteiger partial charge is 0.481 e. The fourth-order valence-electron chi connectivity index (χ4n) is 0.500. The van der Waals surface area contributed by atoms with E-state index in [1.807, 2.05) is 0 Å². The molecule has 2 N–H and O–H groups in total. The van der Waals surface area contributed by atoms with Crippen molar-refractivity contribution in [2.45, 2.75) is 18.7 Å². The molecule has 1 amide bonds. The van der Waals surface area contributed by atoms with Crippen molar-refractivity contribution in [1.29, 1.82) is 0 Å². The summed E-state index contributed by atoms with van der Waals surface area (Å²) in [5.74, 6) is -1.21. The van der Waals surface area contributed by atoms with Crippen LogP contribution in [0.25, 0.3) is 0 Å². The van der Waals surface area contributed by atoms with E-state index in [-0.39, 0.29) is 12.3 Å². The molecular formula is C5H9NO3S2. The minimum atomic E-state index is -0.953. The van der Waals surface area contributed by atoms with Gasteiger partial charge < -0.3 is 10.4 Å². The van der Waals surface area contributed by atoms with Gasteiger partial charge in [0.25, 0.3) is 0 Å². The lowest BCUT2D eigenvalue weighted by atomic mass is 10.4. The topological polar surface area (TPSA) is 66.4 Å². The van der Waals surface area contributed by atoms with Gasteiger partial charge in [0.2, 0.25) is 5.91 Å². The molecule has 0 bridgehead atoms. The summed E-state index contributed by atoms with van der Waals surface area (Å²) >= 11 is 3.80. The molecule has 0 heterocycles. The van der Waals surface area contributed by atoms with Crippen LogP contribution in [0.1, 0.15) is 13.3 Å². The van der Waals surface area contributed by atoms with Crippen LogP contribution in [0.4, 0.5) is 0 Å². The third kappa shape index (κ3) is 6.05. The minimum absolute atomic E-state index is 0.117. The summed E-state index contributed by atoms with van der Waals surface area (Å²) in [6.07, 6.45) is -0.117.